The maximum absolute atomic E-state index is 11.2. The molecule has 14 nitrogen and oxygen atoms in total. The van der Waals surface area contributed by atoms with E-state index < -0.39 is 38.4 Å². The van der Waals surface area contributed by atoms with Crippen molar-refractivity contribution in [3.05, 3.63) is 88.4 Å². The summed E-state index contributed by atoms with van der Waals surface area (Å²) in [5.74, 6) is 0.255. The van der Waals surface area contributed by atoms with Crippen molar-refractivity contribution < 1.29 is 55.4 Å². The molecule has 4 aromatic carbocycles. The molecule has 52 heavy (non-hydrogen) atoms. The first-order valence-corrected chi connectivity index (χ1v) is 19.0. The monoisotopic (exact) mass is 820 g/mol. The van der Waals surface area contributed by atoms with Crippen LogP contribution in [0.4, 0.5) is 0 Å². The minimum atomic E-state index is -3.78. The molecule has 0 aliphatic carbocycles. The highest BCUT2D eigenvalue weighted by Gasteiger charge is 2.52. The third-order valence-electron chi connectivity index (χ3n) is 8.13. The van der Waals surface area contributed by atoms with Crippen LogP contribution >= 0.6 is 15.9 Å². The van der Waals surface area contributed by atoms with E-state index in [9.17, 15) is 36.6 Å². The molecule has 0 radical (unpaired) electrons. The van der Waals surface area contributed by atoms with Crippen LogP contribution in [-0.2, 0) is 29.4 Å². The first-order valence-electron chi connectivity index (χ1n) is 15.1. The Balaban J connectivity index is 0.000000221. The number of carbonyl (C=O) groups is 2. The van der Waals surface area contributed by atoms with Gasteiger partial charge in [-0.3, -0.25) is 9.59 Å². The number of hydrogen-bond acceptors (Lipinski definition) is 12. The van der Waals surface area contributed by atoms with Gasteiger partial charge in [0.25, 0.3) is 0 Å². The van der Waals surface area contributed by atoms with Gasteiger partial charge in [-0.1, -0.05) is 28.1 Å². The number of phenols is 2. The summed E-state index contributed by atoms with van der Waals surface area (Å²) in [6.45, 7) is 7.71. The van der Waals surface area contributed by atoms with Gasteiger partial charge < -0.3 is 29.0 Å². The van der Waals surface area contributed by atoms with Gasteiger partial charge >= 0.3 is 7.12 Å². The van der Waals surface area contributed by atoms with Gasteiger partial charge in [0.1, 0.15) is 6.29 Å². The second-order valence-electron chi connectivity index (χ2n) is 12.2. The molecule has 6 N–H and O–H groups in total. The molecule has 18 heteroatoms. The zero-order chi connectivity index (χ0) is 39.2. The van der Waals surface area contributed by atoms with Crippen molar-refractivity contribution in [3.8, 4) is 34.1 Å². The average molecular weight is 822 g/mol. The Morgan fingerprint density at radius 3 is 1.50 bits per heavy atom. The number of hydrogen-bond donors (Lipinski definition) is 4. The average Bonchev–Trinajstić information content (AvgIpc) is 3.30. The number of aldehydes is 2. The lowest BCUT2D eigenvalue weighted by Gasteiger charge is -2.32. The molecule has 1 fully saturated rings. The van der Waals surface area contributed by atoms with Crippen molar-refractivity contribution in [2.75, 3.05) is 14.2 Å². The second kappa shape index (κ2) is 16.6. The quantitative estimate of drug-likeness (QED) is 0.145. The lowest BCUT2D eigenvalue weighted by Crippen LogP contribution is -2.41. The van der Waals surface area contributed by atoms with E-state index in [1.807, 2.05) is 27.7 Å². The molecular formula is C34H38BBrN2O12S2. The molecule has 5 rings (SSSR count). The van der Waals surface area contributed by atoms with E-state index in [2.05, 4.69) is 15.9 Å². The Bertz CT molecular complexity index is 2130. The first-order chi connectivity index (χ1) is 24.1. The predicted molar refractivity (Wildman–Crippen MR) is 198 cm³/mol. The van der Waals surface area contributed by atoms with E-state index >= 15 is 0 Å². The van der Waals surface area contributed by atoms with Crippen LogP contribution in [0.5, 0.6) is 23.0 Å². The van der Waals surface area contributed by atoms with E-state index in [1.54, 1.807) is 12.1 Å². The molecule has 0 amide bonds. The molecule has 0 unspecified atom stereocenters. The van der Waals surface area contributed by atoms with Gasteiger partial charge in [-0.2, -0.15) is 0 Å². The number of nitrogens with two attached hydrogens (primary N) is 2. The van der Waals surface area contributed by atoms with Crippen LogP contribution < -0.4 is 25.2 Å². The summed E-state index contributed by atoms with van der Waals surface area (Å²) in [6, 6.07) is 17.5. The maximum atomic E-state index is 11.2. The zero-order valence-corrected chi connectivity index (χ0v) is 32.2. The van der Waals surface area contributed by atoms with Gasteiger partial charge in [0.2, 0.25) is 20.0 Å². The Labute approximate surface area is 311 Å². The molecule has 0 atom stereocenters. The molecule has 1 saturated heterocycles. The maximum Gasteiger partial charge on any atom is 0.495 e. The summed E-state index contributed by atoms with van der Waals surface area (Å²) in [7, 11) is -5.21. The van der Waals surface area contributed by atoms with Crippen LogP contribution in [0.25, 0.3) is 11.1 Å². The fraction of sp³-hybridized carbons (Fsp3) is 0.235. The summed E-state index contributed by atoms with van der Waals surface area (Å²) < 4.78 is 66.4. The summed E-state index contributed by atoms with van der Waals surface area (Å²) in [4.78, 5) is 22.5. The number of ether oxygens (including phenoxy) is 2. The van der Waals surface area contributed by atoms with Crippen LogP contribution in [0.15, 0.2) is 87.1 Å². The van der Waals surface area contributed by atoms with Crippen molar-refractivity contribution in [2.24, 2.45) is 10.3 Å². The Morgan fingerprint density at radius 1 is 0.692 bits per heavy atom. The normalized spacial score (nSPS) is 14.6. The SMILES string of the molecule is COc1cc(C=O)c(-c2ccc(S(N)(=O)=O)cc2)cc1O.COc1cc(C=O)c(B2OC(C)(C)C(C)(C)O2)cc1O.NS(=O)(=O)c1ccc(Br)cc1. The standard InChI is InChI=1S/C14H19BO5.C14H13NO5S.C6H6BrNO2S/c1-13(2)14(3,4)20-15(19-13)10-7-11(17)12(18-5)6-9(10)8-16;1-20-14-6-10(8-16)12(7-13(14)17)9-2-4-11(5-3-9)21(15,18)19;7-5-1-3-6(4-2-5)11(8,9)10/h6-8,17H,1-5H3;2-8,17H,1H3,(H2,15,18,19);1-4H,(H2,8,9,10). The van der Waals surface area contributed by atoms with Gasteiger partial charge in [0.15, 0.2) is 29.3 Å². The highest BCUT2D eigenvalue weighted by Crippen LogP contribution is 2.38. The van der Waals surface area contributed by atoms with Crippen molar-refractivity contribution in [1.29, 1.82) is 0 Å². The molecule has 0 aromatic heterocycles. The summed E-state index contributed by atoms with van der Waals surface area (Å²) in [6.07, 6.45) is 1.33. The van der Waals surface area contributed by atoms with E-state index in [4.69, 9.17) is 29.1 Å². The number of phenolic OH excluding ortho intramolecular Hbond substituents is 2. The Kier molecular flexibility index (Phi) is 13.4. The third kappa shape index (κ3) is 10.2. The van der Waals surface area contributed by atoms with Gasteiger partial charge in [-0.05, 0) is 105 Å². The van der Waals surface area contributed by atoms with Crippen LogP contribution in [-0.4, -0.2) is 72.2 Å². The number of rotatable bonds is 8. The Hall–Kier alpha value is -4.30. The second-order valence-corrected chi connectivity index (χ2v) is 16.2. The predicted octanol–water partition coefficient (Wildman–Crippen LogP) is 4.14. The summed E-state index contributed by atoms with van der Waals surface area (Å²) in [5, 5.41) is 29.6. The molecule has 0 bridgehead atoms. The zero-order valence-electron chi connectivity index (χ0n) is 29.0. The number of carbonyl (C=O) groups excluding carboxylic acids is 2. The van der Waals surface area contributed by atoms with E-state index in [-0.39, 0.29) is 32.8 Å². The molecule has 1 heterocycles. The highest BCUT2D eigenvalue weighted by molar-refractivity contribution is 9.10. The number of sulfonamides is 2. The van der Waals surface area contributed by atoms with Gasteiger partial charge in [0, 0.05) is 15.6 Å². The van der Waals surface area contributed by atoms with Crippen LogP contribution in [0.3, 0.4) is 0 Å². The molecule has 0 spiro atoms. The lowest BCUT2D eigenvalue weighted by atomic mass is 9.76. The summed E-state index contributed by atoms with van der Waals surface area (Å²) >= 11 is 3.18. The topological polar surface area (TPSA) is 232 Å². The smallest absolute Gasteiger partial charge is 0.495 e. The number of methoxy groups -OCH3 is 2. The number of benzene rings is 4. The molecular weight excluding hydrogens is 783 g/mol. The minimum absolute atomic E-state index is 0.0309. The molecule has 278 valence electrons. The fourth-order valence-electron chi connectivity index (χ4n) is 4.58. The van der Waals surface area contributed by atoms with Gasteiger partial charge in [0.05, 0.1) is 35.2 Å². The lowest BCUT2D eigenvalue weighted by molar-refractivity contribution is 0.00578. The fourth-order valence-corrected chi connectivity index (χ4v) is 5.88. The van der Waals surface area contributed by atoms with Crippen molar-refractivity contribution >= 4 is 61.1 Å². The number of aromatic hydroxyl groups is 2. The van der Waals surface area contributed by atoms with Gasteiger partial charge in [-0.25, -0.2) is 27.1 Å². The van der Waals surface area contributed by atoms with Crippen LogP contribution in [0.1, 0.15) is 48.4 Å². The summed E-state index contributed by atoms with van der Waals surface area (Å²) in [5.41, 5.74) is 1.20. The highest BCUT2D eigenvalue weighted by atomic mass is 79.9. The number of primary sulfonamides is 2. The first kappa shape index (κ1) is 42.1. The number of halogens is 1. The molecule has 4 aromatic rings. The molecule has 0 saturated carbocycles. The minimum Gasteiger partial charge on any atom is -0.504 e. The van der Waals surface area contributed by atoms with E-state index in [0.717, 1.165) is 4.47 Å². The molecule has 1 aliphatic rings. The van der Waals surface area contributed by atoms with E-state index in [0.29, 0.717) is 40.3 Å². The van der Waals surface area contributed by atoms with Crippen molar-refractivity contribution in [1.82, 2.24) is 0 Å². The van der Waals surface area contributed by atoms with Crippen LogP contribution in [0, 0.1) is 0 Å². The van der Waals surface area contributed by atoms with Crippen molar-refractivity contribution in [2.45, 2.75) is 48.7 Å². The Morgan fingerprint density at radius 2 is 1.10 bits per heavy atom. The third-order valence-corrected chi connectivity index (χ3v) is 10.5. The van der Waals surface area contributed by atoms with Crippen LogP contribution in [0.2, 0.25) is 0 Å². The van der Waals surface area contributed by atoms with Crippen molar-refractivity contribution in [3.63, 3.8) is 0 Å². The van der Waals surface area contributed by atoms with Gasteiger partial charge in [-0.15, -0.1) is 0 Å². The molecule has 1 aliphatic heterocycles. The van der Waals surface area contributed by atoms with E-state index in [1.165, 1.54) is 74.9 Å². The largest absolute Gasteiger partial charge is 0.504 e.